The van der Waals surface area contributed by atoms with Crippen LogP contribution in [0.3, 0.4) is 0 Å². The van der Waals surface area contributed by atoms with Gasteiger partial charge in [0, 0.05) is 18.1 Å². The van der Waals surface area contributed by atoms with Crippen LogP contribution < -0.4 is 9.47 Å². The van der Waals surface area contributed by atoms with E-state index in [1.165, 1.54) is 4.31 Å². The summed E-state index contributed by atoms with van der Waals surface area (Å²) in [5.74, 6) is 1.28. The van der Waals surface area contributed by atoms with Gasteiger partial charge in [0.25, 0.3) is 0 Å². The molecule has 0 amide bonds. The third-order valence-corrected chi connectivity index (χ3v) is 6.56. The molecule has 0 aliphatic carbocycles. The van der Waals surface area contributed by atoms with Crippen LogP contribution in [0.2, 0.25) is 0 Å². The van der Waals surface area contributed by atoms with E-state index in [4.69, 9.17) is 9.47 Å². The molecule has 0 aromatic heterocycles. The second kappa shape index (κ2) is 8.00. The highest BCUT2D eigenvalue weighted by Crippen LogP contribution is 2.28. The summed E-state index contributed by atoms with van der Waals surface area (Å²) in [6.45, 7) is 0.360. The number of halogens is 1. The number of hydrogen-bond acceptors (Lipinski definition) is 4. The highest BCUT2D eigenvalue weighted by atomic mass is 79.9. The molecule has 0 fully saturated rings. The zero-order valence-electron chi connectivity index (χ0n) is 13.8. The minimum Gasteiger partial charge on any atom is -0.493 e. The molecule has 130 valence electrons. The maximum atomic E-state index is 12.6. The summed E-state index contributed by atoms with van der Waals surface area (Å²) in [6, 6.07) is 12.4. The Bertz CT molecular complexity index is 808. The molecular formula is C17H20BrNO4S. The zero-order valence-corrected chi connectivity index (χ0v) is 16.2. The molecule has 0 bridgehead atoms. The molecule has 0 unspecified atom stereocenters. The van der Waals surface area contributed by atoms with E-state index in [1.807, 2.05) is 18.2 Å². The molecule has 0 saturated carbocycles. The number of nitrogens with zero attached hydrogens (tertiary/aromatic N) is 1. The van der Waals surface area contributed by atoms with Crippen molar-refractivity contribution in [2.75, 3.05) is 27.8 Å². The third-order valence-electron chi connectivity index (χ3n) is 3.69. The van der Waals surface area contributed by atoms with Gasteiger partial charge in [0.2, 0.25) is 10.0 Å². The van der Waals surface area contributed by atoms with E-state index < -0.39 is 10.0 Å². The lowest BCUT2D eigenvalue weighted by atomic mass is 10.1. The van der Waals surface area contributed by atoms with Crippen molar-refractivity contribution >= 4 is 26.0 Å². The van der Waals surface area contributed by atoms with Crippen molar-refractivity contribution in [3.63, 3.8) is 0 Å². The van der Waals surface area contributed by atoms with Crippen LogP contribution in [-0.2, 0) is 16.4 Å². The molecule has 0 atom stereocenters. The lowest BCUT2D eigenvalue weighted by Gasteiger charge is -2.18. The quantitative estimate of drug-likeness (QED) is 0.698. The van der Waals surface area contributed by atoms with Crippen LogP contribution in [-0.4, -0.2) is 40.5 Å². The number of hydrogen-bond donors (Lipinski definition) is 0. The van der Waals surface area contributed by atoms with Crippen LogP contribution in [0.15, 0.2) is 51.8 Å². The number of ether oxygens (including phenoxy) is 2. The van der Waals surface area contributed by atoms with Gasteiger partial charge in [0.1, 0.15) is 0 Å². The standard InChI is InChI=1S/C17H20BrNO4S/c1-19(24(20,21)17-7-5-4-6-14(17)18)11-10-13-8-9-15(22-2)16(12-13)23-3/h4-9,12H,10-11H2,1-3H3. The van der Waals surface area contributed by atoms with Crippen molar-refractivity contribution in [2.24, 2.45) is 0 Å². The molecular weight excluding hydrogens is 394 g/mol. The van der Waals surface area contributed by atoms with E-state index in [1.54, 1.807) is 45.5 Å². The SMILES string of the molecule is COc1ccc(CCN(C)S(=O)(=O)c2ccccc2Br)cc1OC. The van der Waals surface area contributed by atoms with Crippen molar-refractivity contribution in [1.82, 2.24) is 4.31 Å². The summed E-state index contributed by atoms with van der Waals surface area (Å²) >= 11 is 3.29. The molecule has 0 heterocycles. The number of sulfonamides is 1. The molecule has 0 aliphatic rings. The van der Waals surface area contributed by atoms with E-state index in [-0.39, 0.29) is 4.90 Å². The Morgan fingerprint density at radius 2 is 1.71 bits per heavy atom. The summed E-state index contributed by atoms with van der Waals surface area (Å²) in [7, 11) is 1.19. The van der Waals surface area contributed by atoms with Crippen LogP contribution in [0.1, 0.15) is 5.56 Å². The number of likely N-dealkylation sites (N-methyl/N-ethyl adjacent to an activating group) is 1. The van der Waals surface area contributed by atoms with Crippen molar-refractivity contribution in [3.8, 4) is 11.5 Å². The molecule has 0 saturated heterocycles. The first-order valence-electron chi connectivity index (χ1n) is 7.32. The zero-order chi connectivity index (χ0) is 17.7. The summed E-state index contributed by atoms with van der Waals surface area (Å²) < 4.78 is 37.7. The fourth-order valence-electron chi connectivity index (χ4n) is 2.26. The van der Waals surface area contributed by atoms with Gasteiger partial charge in [-0.25, -0.2) is 12.7 Å². The van der Waals surface area contributed by atoms with Crippen LogP contribution in [0.25, 0.3) is 0 Å². The Hall–Kier alpha value is -1.57. The molecule has 0 N–H and O–H groups in total. The van der Waals surface area contributed by atoms with Gasteiger partial charge >= 0.3 is 0 Å². The maximum Gasteiger partial charge on any atom is 0.243 e. The monoisotopic (exact) mass is 413 g/mol. The van der Waals surface area contributed by atoms with Crippen LogP contribution in [0.4, 0.5) is 0 Å². The number of methoxy groups -OCH3 is 2. The van der Waals surface area contributed by atoms with Gasteiger partial charge in [-0.2, -0.15) is 0 Å². The van der Waals surface area contributed by atoms with Gasteiger partial charge in [-0.05, 0) is 52.2 Å². The van der Waals surface area contributed by atoms with E-state index in [2.05, 4.69) is 15.9 Å². The highest BCUT2D eigenvalue weighted by Gasteiger charge is 2.22. The van der Waals surface area contributed by atoms with Gasteiger partial charge < -0.3 is 9.47 Å². The van der Waals surface area contributed by atoms with Crippen molar-refractivity contribution in [2.45, 2.75) is 11.3 Å². The van der Waals surface area contributed by atoms with Crippen LogP contribution in [0.5, 0.6) is 11.5 Å². The molecule has 24 heavy (non-hydrogen) atoms. The Morgan fingerprint density at radius 1 is 1.04 bits per heavy atom. The Labute approximate surface area is 151 Å². The van der Waals surface area contributed by atoms with Crippen molar-refractivity contribution in [1.29, 1.82) is 0 Å². The third kappa shape index (κ3) is 4.09. The van der Waals surface area contributed by atoms with E-state index in [0.29, 0.717) is 28.9 Å². The summed E-state index contributed by atoms with van der Waals surface area (Å²) in [5.41, 5.74) is 0.974. The topological polar surface area (TPSA) is 55.8 Å². The lowest BCUT2D eigenvalue weighted by molar-refractivity contribution is 0.354. The molecule has 0 spiro atoms. The van der Waals surface area contributed by atoms with Gasteiger partial charge in [-0.1, -0.05) is 18.2 Å². The van der Waals surface area contributed by atoms with Gasteiger partial charge in [-0.15, -0.1) is 0 Å². The van der Waals surface area contributed by atoms with E-state index in [0.717, 1.165) is 5.56 Å². The van der Waals surface area contributed by atoms with Gasteiger partial charge in [-0.3, -0.25) is 0 Å². The Morgan fingerprint density at radius 3 is 2.33 bits per heavy atom. The molecule has 0 radical (unpaired) electrons. The molecule has 2 rings (SSSR count). The smallest absolute Gasteiger partial charge is 0.243 e. The molecule has 2 aromatic rings. The summed E-state index contributed by atoms with van der Waals surface area (Å²) in [4.78, 5) is 0.264. The first-order chi connectivity index (χ1) is 11.4. The Balaban J connectivity index is 2.13. The fraction of sp³-hybridized carbons (Fsp3) is 0.294. The lowest BCUT2D eigenvalue weighted by Crippen LogP contribution is -2.29. The number of rotatable bonds is 7. The van der Waals surface area contributed by atoms with Gasteiger partial charge in [0.15, 0.2) is 11.5 Å². The summed E-state index contributed by atoms with van der Waals surface area (Å²) in [5, 5.41) is 0. The van der Waals surface area contributed by atoms with Crippen LogP contribution in [0, 0.1) is 0 Å². The average molecular weight is 414 g/mol. The molecule has 0 aliphatic heterocycles. The second-order valence-corrected chi connectivity index (χ2v) is 8.06. The average Bonchev–Trinajstić information content (AvgIpc) is 2.59. The molecule has 7 heteroatoms. The predicted octanol–water partition coefficient (Wildman–Crippen LogP) is 3.33. The van der Waals surface area contributed by atoms with E-state index >= 15 is 0 Å². The normalized spacial score (nSPS) is 11.5. The largest absolute Gasteiger partial charge is 0.493 e. The minimum absolute atomic E-state index is 0.264. The van der Waals surface area contributed by atoms with Crippen LogP contribution >= 0.6 is 15.9 Å². The first-order valence-corrected chi connectivity index (χ1v) is 9.55. The maximum absolute atomic E-state index is 12.6. The second-order valence-electron chi connectivity index (χ2n) is 5.20. The van der Waals surface area contributed by atoms with Crippen molar-refractivity contribution in [3.05, 3.63) is 52.5 Å². The predicted molar refractivity (Wildman–Crippen MR) is 97.2 cm³/mol. The van der Waals surface area contributed by atoms with Crippen molar-refractivity contribution < 1.29 is 17.9 Å². The summed E-state index contributed by atoms with van der Waals surface area (Å²) in [6.07, 6.45) is 0.570. The van der Waals surface area contributed by atoms with E-state index in [9.17, 15) is 8.42 Å². The highest BCUT2D eigenvalue weighted by molar-refractivity contribution is 9.10. The first kappa shape index (κ1) is 18.8. The Kier molecular flexibility index (Phi) is 6.26. The van der Waals surface area contributed by atoms with Gasteiger partial charge in [0.05, 0.1) is 19.1 Å². The number of benzene rings is 2. The molecule has 2 aromatic carbocycles. The fourth-order valence-corrected chi connectivity index (χ4v) is 4.40. The molecule has 5 nitrogen and oxygen atoms in total. The minimum atomic E-state index is -3.54.